The predicted octanol–water partition coefficient (Wildman–Crippen LogP) is 4.00. The van der Waals surface area contributed by atoms with E-state index in [0.29, 0.717) is 16.3 Å². The molecule has 0 atom stereocenters. The van der Waals surface area contributed by atoms with Crippen molar-refractivity contribution >= 4 is 29.4 Å². The molecule has 0 bridgehead atoms. The smallest absolute Gasteiger partial charge is 0.314 e. The molecular formula is C16H12ClN3O. The number of amides is 2. The van der Waals surface area contributed by atoms with Crippen molar-refractivity contribution in [2.45, 2.75) is 0 Å². The highest BCUT2D eigenvalue weighted by Crippen LogP contribution is 2.13. The summed E-state index contributed by atoms with van der Waals surface area (Å²) in [5, 5.41) is 14.7. The van der Waals surface area contributed by atoms with Crippen LogP contribution in [0.2, 0.25) is 5.02 Å². The summed E-state index contributed by atoms with van der Waals surface area (Å²) < 4.78 is 0. The van der Waals surface area contributed by atoms with Gasteiger partial charge in [0, 0.05) is 11.2 Å². The normalized spacial score (nSPS) is 10.1. The zero-order valence-electron chi connectivity index (χ0n) is 11.0. The molecule has 5 heteroatoms. The molecule has 2 aromatic rings. The minimum atomic E-state index is -0.420. The van der Waals surface area contributed by atoms with Crippen molar-refractivity contribution in [3.05, 3.63) is 70.9 Å². The first-order valence-corrected chi connectivity index (χ1v) is 6.55. The zero-order chi connectivity index (χ0) is 15.1. The lowest BCUT2D eigenvalue weighted by molar-refractivity contribution is 0.255. The summed E-state index contributed by atoms with van der Waals surface area (Å²) in [5.41, 5.74) is 1.75. The Morgan fingerprint density at radius 3 is 2.76 bits per heavy atom. The van der Waals surface area contributed by atoms with Gasteiger partial charge in [0.1, 0.15) is 6.07 Å². The first-order chi connectivity index (χ1) is 10.2. The fraction of sp³-hybridized carbons (Fsp3) is 0. The van der Waals surface area contributed by atoms with E-state index >= 15 is 0 Å². The Morgan fingerprint density at radius 2 is 2.00 bits per heavy atom. The number of anilines is 1. The first-order valence-electron chi connectivity index (χ1n) is 6.18. The van der Waals surface area contributed by atoms with Crippen molar-refractivity contribution in [2.24, 2.45) is 0 Å². The summed E-state index contributed by atoms with van der Waals surface area (Å²) in [5.74, 6) is 0. The Hall–Kier alpha value is -2.77. The van der Waals surface area contributed by atoms with Crippen LogP contribution in [0.15, 0.2) is 54.7 Å². The van der Waals surface area contributed by atoms with Crippen LogP contribution in [0.25, 0.3) is 6.08 Å². The van der Waals surface area contributed by atoms with Crippen LogP contribution >= 0.6 is 11.6 Å². The van der Waals surface area contributed by atoms with Crippen LogP contribution < -0.4 is 10.6 Å². The van der Waals surface area contributed by atoms with Crippen molar-refractivity contribution in [3.8, 4) is 6.07 Å². The van der Waals surface area contributed by atoms with Gasteiger partial charge in [0.05, 0.1) is 11.3 Å². The highest BCUT2D eigenvalue weighted by molar-refractivity contribution is 6.30. The van der Waals surface area contributed by atoms with E-state index in [1.807, 2.05) is 18.2 Å². The van der Waals surface area contributed by atoms with E-state index in [-0.39, 0.29) is 0 Å². The molecule has 0 aliphatic rings. The topological polar surface area (TPSA) is 64.9 Å². The number of nitrogens with one attached hydrogen (secondary N) is 2. The number of para-hydroxylation sites is 1. The molecule has 0 aromatic heterocycles. The van der Waals surface area contributed by atoms with Gasteiger partial charge in [-0.2, -0.15) is 5.26 Å². The fourth-order valence-electron chi connectivity index (χ4n) is 1.67. The monoisotopic (exact) mass is 297 g/mol. The van der Waals surface area contributed by atoms with Crippen LogP contribution in [0.5, 0.6) is 0 Å². The number of carbonyl (C=O) groups is 1. The highest BCUT2D eigenvalue weighted by Gasteiger charge is 2.03. The van der Waals surface area contributed by atoms with Crippen LogP contribution in [0.1, 0.15) is 11.1 Å². The van der Waals surface area contributed by atoms with Crippen molar-refractivity contribution in [2.75, 3.05) is 5.32 Å². The lowest BCUT2D eigenvalue weighted by Crippen LogP contribution is -2.24. The second kappa shape index (κ2) is 7.13. The van der Waals surface area contributed by atoms with Crippen LogP contribution in [0.4, 0.5) is 10.5 Å². The van der Waals surface area contributed by atoms with Crippen LogP contribution in [0, 0.1) is 11.3 Å². The summed E-state index contributed by atoms with van der Waals surface area (Å²) in [6.07, 6.45) is 3.23. The van der Waals surface area contributed by atoms with Gasteiger partial charge in [0.2, 0.25) is 0 Å². The molecular weight excluding hydrogens is 286 g/mol. The predicted molar refractivity (Wildman–Crippen MR) is 83.8 cm³/mol. The van der Waals surface area contributed by atoms with Gasteiger partial charge >= 0.3 is 6.03 Å². The Morgan fingerprint density at radius 1 is 1.19 bits per heavy atom. The number of hydrogen-bond donors (Lipinski definition) is 2. The van der Waals surface area contributed by atoms with Crippen molar-refractivity contribution in [3.63, 3.8) is 0 Å². The lowest BCUT2D eigenvalue weighted by Gasteiger charge is -2.05. The molecule has 4 nitrogen and oxygen atoms in total. The largest absolute Gasteiger partial charge is 0.323 e. The Kier molecular flexibility index (Phi) is 4.97. The third kappa shape index (κ3) is 4.37. The van der Waals surface area contributed by atoms with E-state index in [1.165, 1.54) is 6.20 Å². The maximum atomic E-state index is 11.7. The van der Waals surface area contributed by atoms with E-state index in [1.54, 1.807) is 42.5 Å². The average molecular weight is 298 g/mol. The van der Waals surface area contributed by atoms with Gasteiger partial charge in [0.15, 0.2) is 0 Å². The van der Waals surface area contributed by atoms with Crippen molar-refractivity contribution < 1.29 is 4.79 Å². The number of hydrogen-bond acceptors (Lipinski definition) is 2. The first kappa shape index (κ1) is 14.6. The van der Waals surface area contributed by atoms with E-state index < -0.39 is 6.03 Å². The van der Waals surface area contributed by atoms with E-state index in [9.17, 15) is 4.79 Å². The number of halogens is 1. The molecule has 0 aliphatic carbocycles. The second-order valence-corrected chi connectivity index (χ2v) is 4.58. The lowest BCUT2D eigenvalue weighted by atomic mass is 10.2. The number of urea groups is 1. The van der Waals surface area contributed by atoms with Crippen molar-refractivity contribution in [1.29, 1.82) is 5.26 Å². The molecule has 0 unspecified atom stereocenters. The maximum absolute atomic E-state index is 11.7. The summed E-state index contributed by atoms with van der Waals surface area (Å²) in [4.78, 5) is 11.7. The minimum Gasteiger partial charge on any atom is -0.314 e. The molecule has 0 heterocycles. The molecule has 0 spiro atoms. The molecule has 0 aliphatic heterocycles. The van der Waals surface area contributed by atoms with Gasteiger partial charge in [0.25, 0.3) is 0 Å². The summed E-state index contributed by atoms with van der Waals surface area (Å²) >= 11 is 5.86. The van der Waals surface area contributed by atoms with Gasteiger partial charge in [-0.15, -0.1) is 0 Å². The van der Waals surface area contributed by atoms with E-state index in [4.69, 9.17) is 16.9 Å². The summed E-state index contributed by atoms with van der Waals surface area (Å²) in [6.45, 7) is 0. The number of carbonyl (C=O) groups excluding carboxylic acids is 1. The van der Waals surface area contributed by atoms with Gasteiger partial charge in [-0.25, -0.2) is 4.79 Å². The molecule has 0 saturated carbocycles. The molecule has 21 heavy (non-hydrogen) atoms. The standard InChI is InChI=1S/C16H12ClN3O/c17-14-6-3-4-12(10-14)8-9-19-16(21)20-15-7-2-1-5-13(15)11-18/h1-10H,(H2,19,20,21)/b9-8+. The quantitative estimate of drug-likeness (QED) is 0.899. The third-order valence-electron chi connectivity index (χ3n) is 2.63. The number of benzene rings is 2. The van der Waals surface area contributed by atoms with Gasteiger partial charge in [-0.05, 0) is 35.9 Å². The maximum Gasteiger partial charge on any atom is 0.323 e. The van der Waals surface area contributed by atoms with Gasteiger partial charge in [-0.3, -0.25) is 0 Å². The molecule has 2 aromatic carbocycles. The summed E-state index contributed by atoms with van der Waals surface area (Å²) in [7, 11) is 0. The van der Waals surface area contributed by atoms with E-state index in [0.717, 1.165) is 5.56 Å². The molecule has 0 radical (unpaired) electrons. The molecule has 2 rings (SSSR count). The van der Waals surface area contributed by atoms with Crippen LogP contribution in [-0.2, 0) is 0 Å². The Balaban J connectivity index is 1.95. The molecule has 2 amide bonds. The van der Waals surface area contributed by atoms with Crippen LogP contribution in [-0.4, -0.2) is 6.03 Å². The van der Waals surface area contributed by atoms with Gasteiger partial charge < -0.3 is 10.6 Å². The minimum absolute atomic E-state index is 0.409. The summed E-state index contributed by atoms with van der Waals surface area (Å²) in [6, 6.07) is 15.6. The molecule has 104 valence electrons. The average Bonchev–Trinajstić information content (AvgIpc) is 2.48. The number of nitriles is 1. The third-order valence-corrected chi connectivity index (χ3v) is 2.87. The van der Waals surface area contributed by atoms with Crippen molar-refractivity contribution in [1.82, 2.24) is 5.32 Å². The zero-order valence-corrected chi connectivity index (χ0v) is 11.8. The molecule has 0 saturated heterocycles. The number of nitrogens with zero attached hydrogens (tertiary/aromatic N) is 1. The fourth-order valence-corrected chi connectivity index (χ4v) is 1.87. The Bertz CT molecular complexity index is 719. The van der Waals surface area contributed by atoms with Gasteiger partial charge in [-0.1, -0.05) is 35.9 Å². The Labute approximate surface area is 127 Å². The van der Waals surface area contributed by atoms with Crippen LogP contribution in [0.3, 0.4) is 0 Å². The molecule has 2 N–H and O–H groups in total. The SMILES string of the molecule is N#Cc1ccccc1NC(=O)N/C=C/c1cccc(Cl)c1. The van der Waals surface area contributed by atoms with E-state index in [2.05, 4.69) is 10.6 Å². The highest BCUT2D eigenvalue weighted by atomic mass is 35.5. The second-order valence-electron chi connectivity index (χ2n) is 4.14. The number of rotatable bonds is 3. The molecule has 0 fully saturated rings.